The molecule has 2 rings (SSSR count). The average molecular weight is 259 g/mol. The van der Waals surface area contributed by atoms with Gasteiger partial charge in [0.1, 0.15) is 0 Å². The Kier molecular flexibility index (Phi) is 4.36. The van der Waals surface area contributed by atoms with E-state index in [1.54, 1.807) is 30.1 Å². The monoisotopic (exact) mass is 259 g/mol. The lowest BCUT2D eigenvalue weighted by Gasteiger charge is -2.03. The Balaban J connectivity index is 1.97. The zero-order valence-corrected chi connectivity index (χ0v) is 10.8. The molecule has 0 amide bonds. The molecule has 2 aromatic rings. The van der Waals surface area contributed by atoms with Crippen molar-refractivity contribution in [3.05, 3.63) is 59.9 Å². The van der Waals surface area contributed by atoms with Gasteiger partial charge in [-0.3, -0.25) is 4.98 Å². The summed E-state index contributed by atoms with van der Waals surface area (Å²) in [5.41, 5.74) is 1.75. The van der Waals surface area contributed by atoms with Crippen LogP contribution in [0.5, 0.6) is 0 Å². The van der Waals surface area contributed by atoms with Gasteiger partial charge in [0.2, 0.25) is 0 Å². The molecule has 0 unspecified atom stereocenters. The highest BCUT2D eigenvalue weighted by molar-refractivity contribution is 7.98. The van der Waals surface area contributed by atoms with Gasteiger partial charge in [-0.05, 0) is 35.9 Å². The molecule has 0 aliphatic carbocycles. The fraction of sp³-hybridized carbons (Fsp3) is 0.143. The number of hydrogen-bond acceptors (Lipinski definition) is 4. The molecular weight excluding hydrogens is 246 g/mol. The number of esters is 1. The van der Waals surface area contributed by atoms with E-state index in [-0.39, 0.29) is 5.97 Å². The molecule has 1 heterocycles. The first-order valence-corrected chi connectivity index (χ1v) is 6.48. The van der Waals surface area contributed by atoms with Crippen LogP contribution < -0.4 is 0 Å². The first kappa shape index (κ1) is 12.6. The predicted octanol–water partition coefficient (Wildman–Crippen LogP) is 3.16. The molecule has 0 N–H and O–H groups in total. The van der Waals surface area contributed by atoms with Crippen molar-refractivity contribution in [3.8, 4) is 0 Å². The molecule has 1 aromatic carbocycles. The minimum atomic E-state index is -0.307. The summed E-state index contributed by atoms with van der Waals surface area (Å²) >= 11 is 1.71. The van der Waals surface area contributed by atoms with Gasteiger partial charge in [-0.2, -0.15) is 0 Å². The maximum Gasteiger partial charge on any atom is 0.337 e. The second kappa shape index (κ2) is 6.21. The SMILES string of the molecule is COC(=O)c1ccc(SCc2cccnc2)cc1. The summed E-state index contributed by atoms with van der Waals surface area (Å²) in [5.74, 6) is 0.560. The van der Waals surface area contributed by atoms with E-state index < -0.39 is 0 Å². The zero-order valence-electron chi connectivity index (χ0n) is 10.00. The molecule has 0 radical (unpaired) electrons. The van der Waals surface area contributed by atoms with Crippen molar-refractivity contribution in [2.45, 2.75) is 10.6 Å². The van der Waals surface area contributed by atoms with Gasteiger partial charge in [0, 0.05) is 23.0 Å². The van der Waals surface area contributed by atoms with Crippen molar-refractivity contribution in [1.82, 2.24) is 4.98 Å². The molecule has 0 spiro atoms. The van der Waals surface area contributed by atoms with Crippen LogP contribution in [0.2, 0.25) is 0 Å². The first-order valence-electron chi connectivity index (χ1n) is 5.49. The topological polar surface area (TPSA) is 39.2 Å². The zero-order chi connectivity index (χ0) is 12.8. The quantitative estimate of drug-likeness (QED) is 0.624. The molecule has 4 heteroatoms. The minimum Gasteiger partial charge on any atom is -0.465 e. The lowest BCUT2D eigenvalue weighted by atomic mass is 10.2. The van der Waals surface area contributed by atoms with Crippen molar-refractivity contribution in [2.24, 2.45) is 0 Å². The van der Waals surface area contributed by atoms with Crippen LogP contribution in [0.15, 0.2) is 53.7 Å². The van der Waals surface area contributed by atoms with Gasteiger partial charge in [-0.15, -0.1) is 11.8 Å². The molecule has 0 aliphatic heterocycles. The molecule has 0 aliphatic rings. The maximum atomic E-state index is 11.3. The standard InChI is InChI=1S/C14H13NO2S/c1-17-14(16)12-4-6-13(7-5-12)18-10-11-3-2-8-15-9-11/h2-9H,10H2,1H3. The molecule has 0 atom stereocenters. The number of ether oxygens (including phenoxy) is 1. The summed E-state index contributed by atoms with van der Waals surface area (Å²) in [6, 6.07) is 11.4. The Labute approximate surface area is 110 Å². The van der Waals surface area contributed by atoms with Crippen LogP contribution in [-0.2, 0) is 10.5 Å². The summed E-state index contributed by atoms with van der Waals surface area (Å²) in [6.45, 7) is 0. The van der Waals surface area contributed by atoms with Crippen molar-refractivity contribution in [3.63, 3.8) is 0 Å². The van der Waals surface area contributed by atoms with Crippen molar-refractivity contribution in [2.75, 3.05) is 7.11 Å². The Morgan fingerprint density at radius 3 is 2.67 bits per heavy atom. The highest BCUT2D eigenvalue weighted by atomic mass is 32.2. The third-order valence-electron chi connectivity index (χ3n) is 2.40. The van der Waals surface area contributed by atoms with Gasteiger partial charge in [0.25, 0.3) is 0 Å². The van der Waals surface area contributed by atoms with E-state index in [2.05, 4.69) is 9.72 Å². The van der Waals surface area contributed by atoms with E-state index in [0.29, 0.717) is 5.56 Å². The highest BCUT2D eigenvalue weighted by Gasteiger charge is 2.04. The molecular formula is C14H13NO2S. The van der Waals surface area contributed by atoms with Gasteiger partial charge >= 0.3 is 5.97 Å². The predicted molar refractivity (Wildman–Crippen MR) is 71.6 cm³/mol. The van der Waals surface area contributed by atoms with E-state index in [9.17, 15) is 4.79 Å². The second-order valence-corrected chi connectivity index (χ2v) is 4.71. The number of rotatable bonds is 4. The van der Waals surface area contributed by atoms with Crippen LogP contribution in [0.1, 0.15) is 15.9 Å². The Morgan fingerprint density at radius 1 is 1.28 bits per heavy atom. The van der Waals surface area contributed by atoms with Crippen LogP contribution >= 0.6 is 11.8 Å². The minimum absolute atomic E-state index is 0.307. The molecule has 3 nitrogen and oxygen atoms in total. The Bertz CT molecular complexity index is 511. The van der Waals surface area contributed by atoms with Crippen molar-refractivity contribution >= 4 is 17.7 Å². The molecule has 0 bridgehead atoms. The van der Waals surface area contributed by atoms with E-state index in [4.69, 9.17) is 0 Å². The van der Waals surface area contributed by atoms with Crippen LogP contribution in [0, 0.1) is 0 Å². The lowest BCUT2D eigenvalue weighted by molar-refractivity contribution is 0.0600. The first-order chi connectivity index (χ1) is 8.79. The van der Waals surface area contributed by atoms with Crippen LogP contribution in [0.4, 0.5) is 0 Å². The molecule has 0 saturated carbocycles. The van der Waals surface area contributed by atoms with Gasteiger partial charge in [0.15, 0.2) is 0 Å². The highest BCUT2D eigenvalue weighted by Crippen LogP contribution is 2.22. The molecule has 92 valence electrons. The summed E-state index contributed by atoms with van der Waals surface area (Å²) < 4.78 is 4.65. The number of aromatic nitrogens is 1. The Hall–Kier alpha value is -1.81. The van der Waals surface area contributed by atoms with Gasteiger partial charge in [-0.1, -0.05) is 6.07 Å². The van der Waals surface area contributed by atoms with E-state index in [0.717, 1.165) is 10.6 Å². The molecule has 0 fully saturated rings. The second-order valence-electron chi connectivity index (χ2n) is 3.67. The number of hydrogen-bond donors (Lipinski definition) is 0. The smallest absolute Gasteiger partial charge is 0.337 e. The van der Waals surface area contributed by atoms with Crippen molar-refractivity contribution in [1.29, 1.82) is 0 Å². The van der Waals surface area contributed by atoms with Crippen LogP contribution in [-0.4, -0.2) is 18.1 Å². The number of thioether (sulfide) groups is 1. The number of methoxy groups -OCH3 is 1. The fourth-order valence-electron chi connectivity index (χ4n) is 1.46. The summed E-state index contributed by atoms with van der Waals surface area (Å²) in [4.78, 5) is 16.5. The summed E-state index contributed by atoms with van der Waals surface area (Å²) in [6.07, 6.45) is 3.62. The summed E-state index contributed by atoms with van der Waals surface area (Å²) in [7, 11) is 1.38. The normalized spacial score (nSPS) is 10.1. The molecule has 0 saturated heterocycles. The van der Waals surface area contributed by atoms with E-state index in [1.165, 1.54) is 12.7 Å². The fourth-order valence-corrected chi connectivity index (χ4v) is 2.29. The number of pyridine rings is 1. The number of carbonyl (C=O) groups is 1. The third-order valence-corrected chi connectivity index (χ3v) is 3.49. The Morgan fingerprint density at radius 2 is 2.06 bits per heavy atom. The third kappa shape index (κ3) is 3.34. The number of nitrogens with zero attached hydrogens (tertiary/aromatic N) is 1. The lowest BCUT2D eigenvalue weighted by Crippen LogP contribution is -2.00. The summed E-state index contributed by atoms with van der Waals surface area (Å²) in [5, 5.41) is 0. The number of carbonyl (C=O) groups excluding carboxylic acids is 1. The van der Waals surface area contributed by atoms with Gasteiger partial charge in [0.05, 0.1) is 12.7 Å². The largest absolute Gasteiger partial charge is 0.465 e. The van der Waals surface area contributed by atoms with Gasteiger partial charge in [-0.25, -0.2) is 4.79 Å². The van der Waals surface area contributed by atoms with Crippen LogP contribution in [0.3, 0.4) is 0 Å². The van der Waals surface area contributed by atoms with Crippen molar-refractivity contribution < 1.29 is 9.53 Å². The van der Waals surface area contributed by atoms with E-state index in [1.807, 2.05) is 30.5 Å². The number of benzene rings is 1. The maximum absolute atomic E-state index is 11.3. The van der Waals surface area contributed by atoms with Crippen LogP contribution in [0.25, 0.3) is 0 Å². The van der Waals surface area contributed by atoms with Gasteiger partial charge < -0.3 is 4.74 Å². The average Bonchev–Trinajstić information content (AvgIpc) is 2.46. The molecule has 18 heavy (non-hydrogen) atoms. The van der Waals surface area contributed by atoms with E-state index >= 15 is 0 Å². The molecule has 1 aromatic heterocycles.